The number of urea groups is 1. The fourth-order valence-electron chi connectivity index (χ4n) is 8.65. The molecule has 2 fully saturated rings. The Balaban J connectivity index is 0.000000576. The first-order valence-electron chi connectivity index (χ1n) is 28.4. The van der Waals surface area contributed by atoms with E-state index in [1.54, 1.807) is 26.0 Å². The Bertz CT molecular complexity index is 2710. The van der Waals surface area contributed by atoms with Gasteiger partial charge in [0.15, 0.2) is 0 Å². The minimum absolute atomic E-state index is 0.0392. The number of likely N-dealkylation sites (N-methyl/N-ethyl adjacent to an activating group) is 1. The van der Waals surface area contributed by atoms with E-state index in [4.69, 9.17) is 41.4 Å². The molecule has 0 spiro atoms. The molecule has 486 valence electrons. The van der Waals surface area contributed by atoms with Crippen LogP contribution >= 0.6 is 55.1 Å². The number of amides is 8. The van der Waals surface area contributed by atoms with Crippen LogP contribution in [0.1, 0.15) is 128 Å². The maximum Gasteiger partial charge on any atom is 0.409 e. The zero-order valence-corrected chi connectivity index (χ0v) is 55.4. The summed E-state index contributed by atoms with van der Waals surface area (Å²) in [7, 11) is 4.48. The van der Waals surface area contributed by atoms with Crippen molar-refractivity contribution >= 4 is 120 Å². The number of esters is 1. The van der Waals surface area contributed by atoms with E-state index in [1.165, 1.54) is 32.8 Å². The van der Waals surface area contributed by atoms with Crippen molar-refractivity contribution in [1.82, 2.24) is 26.2 Å². The minimum Gasteiger partial charge on any atom is -0.495 e. The van der Waals surface area contributed by atoms with Gasteiger partial charge in [0.05, 0.1) is 49.1 Å². The van der Waals surface area contributed by atoms with Gasteiger partial charge in [-0.25, -0.2) is 18.8 Å². The summed E-state index contributed by atoms with van der Waals surface area (Å²) in [5.74, 6) is -5.14. The molecular formula is C59H85Br2Cl2FN8O15. The number of epoxide rings is 1. The molecule has 0 aliphatic carbocycles. The second-order valence-electron chi connectivity index (χ2n) is 20.9. The number of primary amides is 1. The summed E-state index contributed by atoms with van der Waals surface area (Å²) in [5.41, 5.74) is 5.87. The minimum atomic E-state index is -1.37. The number of fused-ring (bicyclic) bond motifs is 5. The lowest BCUT2D eigenvalue weighted by Gasteiger charge is -2.36. The number of alkyl carbamates (subject to hydrolysis) is 1. The van der Waals surface area contributed by atoms with E-state index in [9.17, 15) is 52.6 Å². The lowest BCUT2D eigenvalue weighted by atomic mass is 9.96. The average molecular weight is 1400 g/mol. The van der Waals surface area contributed by atoms with Gasteiger partial charge in [-0.3, -0.25) is 34.1 Å². The molecule has 3 aliphatic heterocycles. The molecule has 3 aliphatic rings. The predicted octanol–water partition coefficient (Wildman–Crippen LogP) is 8.41. The van der Waals surface area contributed by atoms with Crippen LogP contribution in [-0.4, -0.2) is 162 Å². The summed E-state index contributed by atoms with van der Waals surface area (Å²) in [6, 6.07) is 3.86. The average Bonchev–Trinajstić information content (AvgIpc) is 2.33. The number of unbranched alkanes of at least 4 members (excludes halogenated alkanes) is 1. The van der Waals surface area contributed by atoms with Crippen LogP contribution in [0.25, 0.3) is 0 Å². The summed E-state index contributed by atoms with van der Waals surface area (Å²) in [6.07, 6.45) is 11.3. The first kappa shape index (κ1) is 77.0. The number of carbonyl (C=O) groups is 9. The van der Waals surface area contributed by atoms with Crippen molar-refractivity contribution in [3.8, 4) is 5.75 Å². The quantitative estimate of drug-likeness (QED) is 0.0237. The van der Waals surface area contributed by atoms with Crippen molar-refractivity contribution in [3.63, 3.8) is 0 Å². The van der Waals surface area contributed by atoms with Crippen molar-refractivity contribution in [1.29, 1.82) is 0 Å². The summed E-state index contributed by atoms with van der Waals surface area (Å²) >= 11 is 17.7. The number of nitrogens with two attached hydrogens (primary N) is 1. The number of allylic oxidation sites excluding steroid dienone is 3. The van der Waals surface area contributed by atoms with E-state index < -0.39 is 83.6 Å². The lowest BCUT2D eigenvalue weighted by molar-refractivity contribution is -0.152. The maximum absolute atomic E-state index is 14.8. The van der Waals surface area contributed by atoms with E-state index in [0.29, 0.717) is 72.1 Å². The Morgan fingerprint density at radius 2 is 1.68 bits per heavy atom. The SMILES string of the molecule is CC(CCCCC(=O)NCC(=O)NC(CCCNC(N)=O)C(=O)Nc1ccc(C(=O)N(C)[C@@H](C)C(=O)O)c(F)c1)OC(=O)C(CBr)CBr.CCC.CCl.COc1cc2cc(c1Cl)N(C)C(=O)CCC1OC1CC1C[C@](O)(C/C=C/C=C(\C)C2)NC(=O)O1. The van der Waals surface area contributed by atoms with Crippen LogP contribution in [0, 0.1) is 11.7 Å². The molecule has 4 bridgehead atoms. The Labute approximate surface area is 535 Å². The van der Waals surface area contributed by atoms with Gasteiger partial charge in [0.1, 0.15) is 40.5 Å². The topological polar surface area (TPSA) is 327 Å². The van der Waals surface area contributed by atoms with Crippen molar-refractivity contribution in [3.05, 3.63) is 76.1 Å². The van der Waals surface area contributed by atoms with Crippen molar-refractivity contribution in [2.24, 2.45) is 11.7 Å². The van der Waals surface area contributed by atoms with E-state index >= 15 is 0 Å². The van der Waals surface area contributed by atoms with Gasteiger partial charge in [-0.1, -0.05) is 87.5 Å². The number of hydrogen-bond acceptors (Lipinski definition) is 14. The highest BCUT2D eigenvalue weighted by molar-refractivity contribution is 9.09. The molecule has 2 aromatic rings. The zero-order valence-electron chi connectivity index (χ0n) is 50.7. The third-order valence-corrected chi connectivity index (χ3v) is 15.5. The second kappa shape index (κ2) is 39.8. The Morgan fingerprint density at radius 3 is 2.30 bits per heavy atom. The van der Waals surface area contributed by atoms with E-state index in [2.05, 4.69) is 83.9 Å². The molecule has 7 atom stereocenters. The molecule has 5 rings (SSSR count). The number of anilines is 2. The van der Waals surface area contributed by atoms with Crippen LogP contribution < -0.4 is 42.0 Å². The van der Waals surface area contributed by atoms with Gasteiger partial charge in [-0.05, 0) is 102 Å². The van der Waals surface area contributed by atoms with Crippen molar-refractivity contribution in [2.75, 3.05) is 61.6 Å². The number of nitrogens with one attached hydrogen (secondary N) is 5. The zero-order chi connectivity index (χ0) is 65.6. The molecule has 87 heavy (non-hydrogen) atoms. The Hall–Kier alpha value is -6.06. The molecule has 2 aromatic carbocycles. The van der Waals surface area contributed by atoms with Crippen LogP contribution in [0.5, 0.6) is 5.75 Å². The first-order chi connectivity index (χ1) is 41.2. The van der Waals surface area contributed by atoms with E-state index in [0.717, 1.165) is 28.2 Å². The number of carbonyl (C=O) groups excluding carboxylic acids is 8. The van der Waals surface area contributed by atoms with Crippen LogP contribution in [0.3, 0.4) is 0 Å². The molecule has 3 heterocycles. The predicted molar refractivity (Wildman–Crippen MR) is 337 cm³/mol. The third kappa shape index (κ3) is 27.5. The monoisotopic (exact) mass is 1390 g/mol. The number of methoxy groups -OCH3 is 1. The highest BCUT2D eigenvalue weighted by atomic mass is 79.9. The number of carboxylic acids is 1. The highest BCUT2D eigenvalue weighted by Crippen LogP contribution is 2.38. The normalized spacial score (nSPS) is 20.0. The molecule has 23 nitrogen and oxygen atoms in total. The second-order valence-corrected chi connectivity index (χ2v) is 22.6. The summed E-state index contributed by atoms with van der Waals surface area (Å²) < 4.78 is 36.8. The highest BCUT2D eigenvalue weighted by Gasteiger charge is 2.45. The Kier molecular flexibility index (Phi) is 35.2. The number of rotatable bonds is 22. The lowest BCUT2D eigenvalue weighted by Crippen LogP contribution is -2.56. The van der Waals surface area contributed by atoms with E-state index in [1.807, 2.05) is 37.3 Å². The van der Waals surface area contributed by atoms with Gasteiger partial charge in [0.25, 0.3) is 5.91 Å². The smallest absolute Gasteiger partial charge is 0.409 e. The van der Waals surface area contributed by atoms with Crippen LogP contribution in [0.15, 0.2) is 54.1 Å². The number of aliphatic hydroxyl groups is 1. The third-order valence-electron chi connectivity index (χ3n) is 13.6. The van der Waals surface area contributed by atoms with Crippen LogP contribution in [0.2, 0.25) is 5.02 Å². The van der Waals surface area contributed by atoms with Gasteiger partial charge in [-0.15, -0.1) is 11.6 Å². The molecule has 2 saturated heterocycles. The maximum atomic E-state index is 14.8. The summed E-state index contributed by atoms with van der Waals surface area (Å²) in [6.45, 7) is 8.96. The van der Waals surface area contributed by atoms with Crippen molar-refractivity contribution in [2.45, 2.75) is 160 Å². The fraction of sp³-hybridized carbons (Fsp3) is 0.576. The number of benzene rings is 2. The first-order valence-corrected chi connectivity index (χ1v) is 31.8. The van der Waals surface area contributed by atoms with E-state index in [-0.39, 0.29) is 80.4 Å². The van der Waals surface area contributed by atoms with Gasteiger partial charge in [0.2, 0.25) is 23.6 Å². The van der Waals surface area contributed by atoms with Crippen LogP contribution in [-0.2, 0) is 49.4 Å². The van der Waals surface area contributed by atoms with Gasteiger partial charge >= 0.3 is 24.1 Å². The number of aliphatic carboxylic acids is 1. The number of halogens is 5. The molecule has 0 saturated carbocycles. The number of carboxylic acid groups (broad SMARTS) is 1. The molecular weight excluding hydrogens is 1310 g/mol. The number of ether oxygens (including phenoxy) is 4. The van der Waals surface area contributed by atoms with Gasteiger partial charge < -0.3 is 66.0 Å². The van der Waals surface area contributed by atoms with Crippen molar-refractivity contribution < 1.29 is 76.7 Å². The molecule has 28 heteroatoms. The van der Waals surface area contributed by atoms with Crippen LogP contribution in [0.4, 0.5) is 25.4 Å². The number of nitrogens with zero attached hydrogens (tertiary/aromatic N) is 2. The van der Waals surface area contributed by atoms with Gasteiger partial charge in [0, 0.05) is 75.5 Å². The Morgan fingerprint density at radius 1 is 1.00 bits per heavy atom. The summed E-state index contributed by atoms with van der Waals surface area (Å²) in [5, 5.41) is 33.7. The molecule has 9 N–H and O–H groups in total. The summed E-state index contributed by atoms with van der Waals surface area (Å²) in [4.78, 5) is 112. The number of alkyl halides is 3. The standard InChI is InChI=1S/C30H43Br2FN6O9.C25H31ClN2O6.C3H8.CH3Cl/c1-17(48-29(46)19(14-31)15-32)7-4-5-9-24(40)36-16-25(41)38-23(8-6-12-35-30(34)47)26(42)37-20-10-11-21(22(33)13-20)27(43)39(3)18(2)28(44)45;1-15-6-4-5-9-25(31)14-17(33-24(30)27-25)13-20-19(34-20)7-8-22(29)28(2)18-11-16(10-15)12-21(32-3)23(18)26;1-3-2;1-2/h10-11,13,17-19,23H,4-9,12,14-16H2,1-3H3,(H,36,40)(H,37,42)(H,38,41)(H,44,45)(H3,34,35,47);4-6,11-12,17,19-20,31H,7-10,13-14H2,1-3H3,(H,27,30);3H2,1-2H3;1H3/b;5-4+,15-6+;;/t17?,18-,23?;17?,19?,20?,25-;;/m01../s1. The largest absolute Gasteiger partial charge is 0.495 e. The van der Waals surface area contributed by atoms with Gasteiger partial charge in [-0.2, -0.15) is 0 Å². The molecule has 8 amide bonds. The molecule has 5 unspecified atom stereocenters. The molecule has 0 radical (unpaired) electrons. The molecule has 0 aromatic heterocycles. The fourth-order valence-corrected chi connectivity index (χ4v) is 10.6. The number of hydrogen-bond donors (Lipinski definition) is 8.